The Kier molecular flexibility index (Phi) is 3.05. The number of furan rings is 1. The molecule has 0 aliphatic rings. The molecule has 21 heavy (non-hydrogen) atoms. The van der Waals surface area contributed by atoms with Crippen LogP contribution in [0, 0.1) is 13.8 Å². The van der Waals surface area contributed by atoms with Crippen LogP contribution in [0.2, 0.25) is 0 Å². The van der Waals surface area contributed by atoms with Crippen LogP contribution in [0.25, 0.3) is 21.9 Å². The second kappa shape index (κ2) is 4.77. The zero-order valence-electron chi connectivity index (χ0n) is 12.0. The topological polar surface area (TPSA) is 69.7 Å². The number of aryl methyl sites for hydroxylation is 2. The molecule has 3 rings (SSSR count). The van der Waals surface area contributed by atoms with Gasteiger partial charge in [-0.05, 0) is 38.5 Å². The summed E-state index contributed by atoms with van der Waals surface area (Å²) in [5.74, 6) is -0.377. The van der Waals surface area contributed by atoms with Crippen LogP contribution in [0.3, 0.4) is 0 Å². The van der Waals surface area contributed by atoms with Crippen molar-refractivity contribution in [3.63, 3.8) is 0 Å². The molecule has 0 unspecified atom stereocenters. The van der Waals surface area contributed by atoms with Gasteiger partial charge in [0.05, 0.1) is 12.0 Å². The van der Waals surface area contributed by atoms with Crippen molar-refractivity contribution < 1.29 is 18.4 Å². The van der Waals surface area contributed by atoms with E-state index in [0.29, 0.717) is 22.1 Å². The minimum atomic E-state index is -0.519. The molecule has 0 bridgehead atoms. The molecule has 2 heterocycles. The molecular weight excluding hydrogens is 272 g/mol. The molecule has 3 aromatic rings. The molecule has 0 radical (unpaired) electrons. The van der Waals surface area contributed by atoms with E-state index in [-0.39, 0.29) is 12.4 Å². The highest BCUT2D eigenvalue weighted by atomic mass is 16.5. The van der Waals surface area contributed by atoms with E-state index in [1.807, 2.05) is 13.0 Å². The molecule has 108 valence electrons. The molecular formula is C16H14O5. The van der Waals surface area contributed by atoms with Gasteiger partial charge in [0.15, 0.2) is 0 Å². The fourth-order valence-corrected chi connectivity index (χ4v) is 2.50. The van der Waals surface area contributed by atoms with Crippen molar-refractivity contribution in [3.8, 4) is 0 Å². The minimum absolute atomic E-state index is 0.142. The predicted molar refractivity (Wildman–Crippen MR) is 77.7 cm³/mol. The largest absolute Gasteiger partial charge is 0.460 e. The number of benzene rings is 1. The summed E-state index contributed by atoms with van der Waals surface area (Å²) in [6.07, 6.45) is 0. The zero-order valence-corrected chi connectivity index (χ0v) is 12.0. The van der Waals surface area contributed by atoms with Gasteiger partial charge in [-0.25, -0.2) is 9.59 Å². The van der Waals surface area contributed by atoms with Gasteiger partial charge in [-0.3, -0.25) is 0 Å². The van der Waals surface area contributed by atoms with Crippen molar-refractivity contribution in [2.45, 2.75) is 20.8 Å². The Bertz CT molecular complexity index is 914. The number of carbonyl (C=O) groups excluding carboxylic acids is 1. The molecule has 1 aromatic carbocycles. The normalized spacial score (nSPS) is 11.2. The quantitative estimate of drug-likeness (QED) is 0.534. The summed E-state index contributed by atoms with van der Waals surface area (Å²) in [5.41, 5.74) is 1.95. The first-order chi connectivity index (χ1) is 10.0. The molecule has 2 aromatic heterocycles. The highest BCUT2D eigenvalue weighted by Crippen LogP contribution is 2.33. The molecule has 0 spiro atoms. The van der Waals surface area contributed by atoms with E-state index in [1.165, 1.54) is 6.07 Å². The minimum Gasteiger partial charge on any atom is -0.460 e. The molecule has 0 amide bonds. The number of carbonyl (C=O) groups is 1. The van der Waals surface area contributed by atoms with Crippen LogP contribution in [0.4, 0.5) is 0 Å². The lowest BCUT2D eigenvalue weighted by Crippen LogP contribution is -2.04. The summed E-state index contributed by atoms with van der Waals surface area (Å²) in [5, 5.41) is 1.46. The lowest BCUT2D eigenvalue weighted by molar-refractivity contribution is 0.0491. The number of rotatable bonds is 2. The molecule has 5 nitrogen and oxygen atoms in total. The molecule has 0 saturated carbocycles. The molecule has 0 saturated heterocycles. The number of hydrogen-bond donors (Lipinski definition) is 0. The number of hydrogen-bond acceptors (Lipinski definition) is 5. The van der Waals surface area contributed by atoms with Gasteiger partial charge in [0.2, 0.25) is 5.76 Å². The van der Waals surface area contributed by atoms with Crippen molar-refractivity contribution in [3.05, 3.63) is 45.5 Å². The summed E-state index contributed by atoms with van der Waals surface area (Å²) in [6.45, 7) is 5.59. The van der Waals surface area contributed by atoms with Gasteiger partial charge in [-0.15, -0.1) is 0 Å². The Labute approximate surface area is 120 Å². The summed E-state index contributed by atoms with van der Waals surface area (Å²) in [6, 6.07) is 5.02. The van der Waals surface area contributed by atoms with E-state index in [1.54, 1.807) is 19.9 Å². The van der Waals surface area contributed by atoms with Gasteiger partial charge < -0.3 is 13.6 Å². The van der Waals surface area contributed by atoms with Crippen molar-refractivity contribution in [1.82, 2.24) is 0 Å². The average Bonchev–Trinajstić information content (AvgIpc) is 2.76. The van der Waals surface area contributed by atoms with Gasteiger partial charge in [-0.2, -0.15) is 0 Å². The number of ether oxygens (including phenoxy) is 1. The lowest BCUT2D eigenvalue weighted by Gasteiger charge is -2.01. The van der Waals surface area contributed by atoms with Crippen LogP contribution in [0.15, 0.2) is 31.8 Å². The maximum atomic E-state index is 11.9. The van der Waals surface area contributed by atoms with Gasteiger partial charge in [0.25, 0.3) is 0 Å². The summed E-state index contributed by atoms with van der Waals surface area (Å²) < 4.78 is 15.9. The monoisotopic (exact) mass is 286 g/mol. The van der Waals surface area contributed by atoms with Crippen LogP contribution < -0.4 is 5.63 Å². The predicted octanol–water partition coefficient (Wildman–Crippen LogP) is 3.33. The lowest BCUT2D eigenvalue weighted by atomic mass is 10.1. The average molecular weight is 286 g/mol. The first-order valence-electron chi connectivity index (χ1n) is 6.66. The van der Waals surface area contributed by atoms with Gasteiger partial charge in [-0.1, -0.05) is 0 Å². The Morgan fingerprint density at radius 1 is 1.24 bits per heavy atom. The number of esters is 1. The summed E-state index contributed by atoms with van der Waals surface area (Å²) in [4.78, 5) is 23.5. The van der Waals surface area contributed by atoms with E-state index < -0.39 is 11.6 Å². The molecule has 0 fully saturated rings. The van der Waals surface area contributed by atoms with Gasteiger partial charge in [0, 0.05) is 17.0 Å². The van der Waals surface area contributed by atoms with E-state index in [4.69, 9.17) is 13.6 Å². The van der Waals surface area contributed by atoms with Crippen LogP contribution >= 0.6 is 0 Å². The highest BCUT2D eigenvalue weighted by molar-refractivity contribution is 6.08. The molecule has 0 aliphatic carbocycles. The second-order valence-electron chi connectivity index (χ2n) is 4.84. The maximum Gasteiger partial charge on any atom is 0.374 e. The third-order valence-corrected chi connectivity index (χ3v) is 3.47. The molecule has 5 heteroatoms. The Balaban J connectivity index is 2.40. The van der Waals surface area contributed by atoms with Crippen molar-refractivity contribution in [2.75, 3.05) is 6.61 Å². The first kappa shape index (κ1) is 13.4. The van der Waals surface area contributed by atoms with Gasteiger partial charge >= 0.3 is 11.6 Å². The van der Waals surface area contributed by atoms with E-state index in [0.717, 1.165) is 10.9 Å². The summed E-state index contributed by atoms with van der Waals surface area (Å²) in [7, 11) is 0. The van der Waals surface area contributed by atoms with Crippen molar-refractivity contribution in [2.24, 2.45) is 0 Å². The smallest absolute Gasteiger partial charge is 0.374 e. The van der Waals surface area contributed by atoms with Crippen LogP contribution in [0.1, 0.15) is 28.6 Å². The van der Waals surface area contributed by atoms with E-state index in [9.17, 15) is 9.59 Å². The first-order valence-corrected chi connectivity index (χ1v) is 6.66. The fraction of sp³-hybridized carbons (Fsp3) is 0.250. The van der Waals surface area contributed by atoms with Gasteiger partial charge in [0.1, 0.15) is 11.2 Å². The van der Waals surface area contributed by atoms with Crippen LogP contribution in [-0.4, -0.2) is 12.6 Å². The van der Waals surface area contributed by atoms with E-state index >= 15 is 0 Å². The molecule has 0 N–H and O–H groups in total. The summed E-state index contributed by atoms with van der Waals surface area (Å²) >= 11 is 0. The van der Waals surface area contributed by atoms with Crippen molar-refractivity contribution in [1.29, 1.82) is 0 Å². The Hall–Kier alpha value is -2.56. The standard InChI is InChI=1S/C16H14O5/c1-4-19-16(18)14-9(3)13-11(20-14)6-5-10-8(2)7-12(17)21-15(10)13/h5-7H,4H2,1-3H3. The Morgan fingerprint density at radius 3 is 2.71 bits per heavy atom. The fourth-order valence-electron chi connectivity index (χ4n) is 2.50. The Morgan fingerprint density at radius 2 is 2.00 bits per heavy atom. The zero-order chi connectivity index (χ0) is 15.1. The highest BCUT2D eigenvalue weighted by Gasteiger charge is 2.21. The molecule has 0 atom stereocenters. The SMILES string of the molecule is CCOC(=O)c1oc2ccc3c(C)cc(=O)oc3c2c1C. The van der Waals surface area contributed by atoms with Crippen LogP contribution in [0.5, 0.6) is 0 Å². The third-order valence-electron chi connectivity index (χ3n) is 3.47. The van der Waals surface area contributed by atoms with Crippen LogP contribution in [-0.2, 0) is 4.74 Å². The van der Waals surface area contributed by atoms with E-state index in [2.05, 4.69) is 0 Å². The third kappa shape index (κ3) is 2.01. The molecule has 0 aliphatic heterocycles. The second-order valence-corrected chi connectivity index (χ2v) is 4.84. The maximum absolute atomic E-state index is 11.9. The van der Waals surface area contributed by atoms with Crippen molar-refractivity contribution >= 4 is 27.9 Å². The number of fused-ring (bicyclic) bond motifs is 3.